The van der Waals surface area contributed by atoms with E-state index in [4.69, 9.17) is 14.2 Å². The van der Waals surface area contributed by atoms with Crippen molar-refractivity contribution in [2.75, 3.05) is 24.7 Å². The Hall–Kier alpha value is -4.09. The second-order valence-electron chi connectivity index (χ2n) is 11.1. The fourth-order valence-electron chi connectivity index (χ4n) is 6.38. The van der Waals surface area contributed by atoms with Gasteiger partial charge in [0, 0.05) is 30.3 Å². The van der Waals surface area contributed by atoms with Crippen LogP contribution in [0, 0.1) is 0 Å². The van der Waals surface area contributed by atoms with E-state index in [0.717, 1.165) is 27.9 Å². The molecule has 4 aromatic carbocycles. The predicted molar refractivity (Wildman–Crippen MR) is 157 cm³/mol. The third-order valence-corrected chi connectivity index (χ3v) is 7.89. The Morgan fingerprint density at radius 3 is 2.15 bits per heavy atom. The molecule has 2 aliphatic rings. The maximum atomic E-state index is 15.1. The first-order chi connectivity index (χ1) is 19.4. The van der Waals surface area contributed by atoms with Crippen LogP contribution >= 0.6 is 0 Å². The molecule has 1 atom stereocenters. The van der Waals surface area contributed by atoms with Crippen molar-refractivity contribution in [2.24, 2.45) is 0 Å². The molecule has 1 spiro atoms. The summed E-state index contributed by atoms with van der Waals surface area (Å²) < 4.78 is 17.9. The lowest BCUT2D eigenvalue weighted by molar-refractivity contribution is -0.124. The van der Waals surface area contributed by atoms with Gasteiger partial charge in [-0.1, -0.05) is 84.9 Å². The monoisotopic (exact) mass is 533 g/mol. The Kier molecular flexibility index (Phi) is 6.85. The summed E-state index contributed by atoms with van der Waals surface area (Å²) >= 11 is 0. The van der Waals surface area contributed by atoms with Crippen LogP contribution in [-0.2, 0) is 14.9 Å². The summed E-state index contributed by atoms with van der Waals surface area (Å²) in [6, 6.07) is 34.4. The Morgan fingerprint density at radius 1 is 0.825 bits per heavy atom. The third-order valence-electron chi connectivity index (χ3n) is 7.89. The van der Waals surface area contributed by atoms with Crippen LogP contribution in [0.4, 0.5) is 5.69 Å². The highest BCUT2D eigenvalue weighted by molar-refractivity contribution is 6.12. The van der Waals surface area contributed by atoms with Gasteiger partial charge in [0.2, 0.25) is 5.91 Å². The predicted octanol–water partition coefficient (Wildman–Crippen LogP) is 7.09. The van der Waals surface area contributed by atoms with E-state index >= 15 is 4.79 Å². The van der Waals surface area contributed by atoms with Crippen molar-refractivity contribution in [3.63, 3.8) is 0 Å². The van der Waals surface area contributed by atoms with Crippen molar-refractivity contribution in [1.29, 1.82) is 0 Å². The average molecular weight is 534 g/mol. The second kappa shape index (κ2) is 10.5. The summed E-state index contributed by atoms with van der Waals surface area (Å²) in [5.41, 5.74) is 3.50. The number of carbonyl (C=O) groups is 1. The Balaban J connectivity index is 1.51. The number of ether oxygens (including phenoxy) is 3. The van der Waals surface area contributed by atoms with E-state index < -0.39 is 11.0 Å². The minimum atomic E-state index is -0.890. The molecular formula is C35H35NO4. The quantitative estimate of drug-likeness (QED) is 0.227. The van der Waals surface area contributed by atoms with Gasteiger partial charge in [0.05, 0.1) is 12.6 Å². The lowest BCUT2D eigenvalue weighted by Crippen LogP contribution is -2.51. The SMILES string of the molecule is CCOCCOc1ccc2c(c1)OC(C)(C)CC21C(=O)N(C(c2ccccc2)c2ccccc2)c2ccccc21. The number of hydrogen-bond donors (Lipinski definition) is 0. The van der Waals surface area contributed by atoms with Gasteiger partial charge >= 0.3 is 0 Å². The minimum absolute atomic E-state index is 0.0639. The first-order valence-electron chi connectivity index (χ1n) is 14.0. The largest absolute Gasteiger partial charge is 0.491 e. The summed E-state index contributed by atoms with van der Waals surface area (Å²) in [5, 5.41) is 0. The first kappa shape index (κ1) is 26.1. The van der Waals surface area contributed by atoms with Gasteiger partial charge in [-0.3, -0.25) is 9.69 Å². The van der Waals surface area contributed by atoms with Crippen LogP contribution in [0.3, 0.4) is 0 Å². The van der Waals surface area contributed by atoms with Crippen molar-refractivity contribution in [1.82, 2.24) is 0 Å². The van der Waals surface area contributed by atoms with Gasteiger partial charge < -0.3 is 14.2 Å². The molecule has 4 aromatic rings. The molecule has 0 aromatic heterocycles. The van der Waals surface area contributed by atoms with E-state index in [0.29, 0.717) is 37.7 Å². The zero-order valence-corrected chi connectivity index (χ0v) is 23.3. The molecule has 2 heterocycles. The second-order valence-corrected chi connectivity index (χ2v) is 11.1. The Morgan fingerprint density at radius 2 is 1.48 bits per heavy atom. The Labute approximate surface area is 236 Å². The zero-order valence-electron chi connectivity index (χ0n) is 23.3. The molecule has 0 saturated carbocycles. The Bertz CT molecular complexity index is 1460. The van der Waals surface area contributed by atoms with Crippen molar-refractivity contribution in [3.05, 3.63) is 125 Å². The van der Waals surface area contributed by atoms with Crippen LogP contribution < -0.4 is 14.4 Å². The maximum Gasteiger partial charge on any atom is 0.243 e. The van der Waals surface area contributed by atoms with E-state index in [1.54, 1.807) is 0 Å². The lowest BCUT2D eigenvalue weighted by atomic mass is 9.67. The molecule has 0 N–H and O–H groups in total. The fraction of sp³-hybridized carbons (Fsp3) is 0.286. The number of rotatable bonds is 8. The van der Waals surface area contributed by atoms with Gasteiger partial charge in [-0.15, -0.1) is 0 Å². The molecule has 0 aliphatic carbocycles. The van der Waals surface area contributed by atoms with Crippen LogP contribution in [-0.4, -0.2) is 31.3 Å². The molecule has 1 amide bonds. The summed E-state index contributed by atoms with van der Waals surface area (Å²) in [6.45, 7) is 7.71. The number of benzene rings is 4. The van der Waals surface area contributed by atoms with Gasteiger partial charge in [-0.2, -0.15) is 0 Å². The summed E-state index contributed by atoms with van der Waals surface area (Å²) in [6.07, 6.45) is 0.528. The maximum absolute atomic E-state index is 15.1. The molecule has 2 aliphatic heterocycles. The molecule has 1 unspecified atom stereocenters. The van der Waals surface area contributed by atoms with Crippen LogP contribution in [0.5, 0.6) is 11.5 Å². The molecule has 5 nitrogen and oxygen atoms in total. The zero-order chi connectivity index (χ0) is 27.7. The van der Waals surface area contributed by atoms with Gasteiger partial charge in [0.25, 0.3) is 0 Å². The van der Waals surface area contributed by atoms with Crippen LogP contribution in [0.1, 0.15) is 55.5 Å². The van der Waals surface area contributed by atoms with Gasteiger partial charge in [0.15, 0.2) is 0 Å². The van der Waals surface area contributed by atoms with E-state index in [2.05, 4.69) is 50.2 Å². The van der Waals surface area contributed by atoms with Crippen molar-refractivity contribution >= 4 is 11.6 Å². The van der Waals surface area contributed by atoms with E-state index in [-0.39, 0.29) is 11.9 Å². The molecule has 204 valence electrons. The lowest BCUT2D eigenvalue weighted by Gasteiger charge is -2.44. The number of carbonyl (C=O) groups excluding carboxylic acids is 1. The first-order valence-corrected chi connectivity index (χ1v) is 14.0. The van der Waals surface area contributed by atoms with Crippen molar-refractivity contribution in [3.8, 4) is 11.5 Å². The van der Waals surface area contributed by atoms with Gasteiger partial charge in [-0.05, 0) is 49.6 Å². The van der Waals surface area contributed by atoms with Crippen molar-refractivity contribution < 1.29 is 19.0 Å². The smallest absolute Gasteiger partial charge is 0.243 e. The summed E-state index contributed by atoms with van der Waals surface area (Å²) in [4.78, 5) is 17.1. The molecule has 0 bridgehead atoms. The number of para-hydroxylation sites is 1. The number of amides is 1. The number of fused-ring (bicyclic) bond motifs is 4. The highest BCUT2D eigenvalue weighted by Crippen LogP contribution is 2.58. The van der Waals surface area contributed by atoms with E-state index in [1.165, 1.54) is 0 Å². The van der Waals surface area contributed by atoms with Crippen LogP contribution in [0.15, 0.2) is 103 Å². The molecule has 40 heavy (non-hydrogen) atoms. The number of nitrogens with zero attached hydrogens (tertiary/aromatic N) is 1. The van der Waals surface area contributed by atoms with Gasteiger partial charge in [0.1, 0.15) is 29.1 Å². The van der Waals surface area contributed by atoms with Crippen LogP contribution in [0.2, 0.25) is 0 Å². The topological polar surface area (TPSA) is 48.0 Å². The number of hydrogen-bond acceptors (Lipinski definition) is 4. The molecule has 5 heteroatoms. The molecule has 0 fully saturated rings. The van der Waals surface area contributed by atoms with Crippen LogP contribution in [0.25, 0.3) is 0 Å². The van der Waals surface area contributed by atoms with E-state index in [9.17, 15) is 0 Å². The normalized spacial score (nSPS) is 18.9. The van der Waals surface area contributed by atoms with E-state index in [1.807, 2.05) is 78.6 Å². The highest BCUT2D eigenvalue weighted by atomic mass is 16.5. The minimum Gasteiger partial charge on any atom is -0.491 e. The van der Waals surface area contributed by atoms with Crippen molar-refractivity contribution in [2.45, 2.75) is 44.2 Å². The average Bonchev–Trinajstić information content (AvgIpc) is 3.19. The highest BCUT2D eigenvalue weighted by Gasteiger charge is 2.59. The number of anilines is 1. The summed E-state index contributed by atoms with van der Waals surface area (Å²) in [7, 11) is 0. The third kappa shape index (κ3) is 4.44. The molecule has 6 rings (SSSR count). The molecule has 0 radical (unpaired) electrons. The molecular weight excluding hydrogens is 498 g/mol. The standard InChI is InChI=1S/C35H35NO4/c1-4-38-21-22-39-27-19-20-29-31(23-27)40-34(2,3)24-35(29)28-17-11-12-18-30(28)36(33(35)37)32(25-13-7-5-8-14-25)26-15-9-6-10-16-26/h5-20,23,32H,4,21-22,24H2,1-3H3. The molecule has 0 saturated heterocycles. The summed E-state index contributed by atoms with van der Waals surface area (Å²) in [5.74, 6) is 1.45. The van der Waals surface area contributed by atoms with Gasteiger partial charge in [-0.25, -0.2) is 0 Å². The fourth-order valence-corrected chi connectivity index (χ4v) is 6.38.